The molecule has 1 fully saturated rings. The van der Waals surface area contributed by atoms with E-state index in [1.165, 1.54) is 5.56 Å². The molecule has 0 amide bonds. The first-order chi connectivity index (χ1) is 14.1. The first-order valence-corrected chi connectivity index (χ1v) is 10.5. The van der Waals surface area contributed by atoms with Crippen molar-refractivity contribution in [1.29, 1.82) is 0 Å². The summed E-state index contributed by atoms with van der Waals surface area (Å²) in [6.07, 6.45) is 1.68. The summed E-state index contributed by atoms with van der Waals surface area (Å²) in [7, 11) is 0. The standard InChI is InChI=1S/C21H27ClN6O/c1-16(2)20(21-23-24-25-28(21)15-19-4-3-13-29-19)27-11-9-26(10-12-27)14-17-5-7-18(22)8-6-17/h3-8,13,16,20H,9-12,14-15H2,1-2H3/t20-/m0/s1. The van der Waals surface area contributed by atoms with E-state index in [-0.39, 0.29) is 6.04 Å². The highest BCUT2D eigenvalue weighted by Gasteiger charge is 2.31. The molecule has 154 valence electrons. The lowest BCUT2D eigenvalue weighted by atomic mass is 10.0. The number of piperazine rings is 1. The summed E-state index contributed by atoms with van der Waals surface area (Å²) in [6.45, 7) is 9.99. The van der Waals surface area contributed by atoms with Crippen LogP contribution >= 0.6 is 11.6 Å². The first kappa shape index (κ1) is 20.1. The third kappa shape index (κ3) is 4.86. The van der Waals surface area contributed by atoms with Crippen LogP contribution < -0.4 is 0 Å². The third-order valence-corrected chi connectivity index (χ3v) is 5.71. The SMILES string of the molecule is CC(C)[C@@H](c1nnnn1Cc1ccco1)N1CCN(Cc2ccc(Cl)cc2)CC1. The molecule has 1 atom stereocenters. The molecule has 4 rings (SSSR count). The summed E-state index contributed by atoms with van der Waals surface area (Å²) in [5.74, 6) is 2.16. The minimum absolute atomic E-state index is 0.178. The summed E-state index contributed by atoms with van der Waals surface area (Å²) < 4.78 is 7.35. The van der Waals surface area contributed by atoms with Gasteiger partial charge in [-0.1, -0.05) is 37.6 Å². The van der Waals surface area contributed by atoms with Crippen molar-refractivity contribution in [2.45, 2.75) is 33.0 Å². The van der Waals surface area contributed by atoms with Gasteiger partial charge < -0.3 is 4.42 Å². The van der Waals surface area contributed by atoms with Gasteiger partial charge in [-0.15, -0.1) is 5.10 Å². The third-order valence-electron chi connectivity index (χ3n) is 5.46. The molecule has 1 aliphatic heterocycles. The van der Waals surface area contributed by atoms with Gasteiger partial charge in [-0.25, -0.2) is 4.68 Å². The molecule has 0 saturated carbocycles. The van der Waals surface area contributed by atoms with Gasteiger partial charge in [-0.3, -0.25) is 9.80 Å². The average molecular weight is 415 g/mol. The average Bonchev–Trinajstić information content (AvgIpc) is 3.38. The fourth-order valence-electron chi connectivity index (χ4n) is 4.02. The molecule has 1 aromatic carbocycles. The maximum Gasteiger partial charge on any atom is 0.169 e. The zero-order valence-electron chi connectivity index (χ0n) is 16.9. The van der Waals surface area contributed by atoms with E-state index in [0.717, 1.165) is 49.3 Å². The van der Waals surface area contributed by atoms with Crippen LogP contribution in [0.25, 0.3) is 0 Å². The maximum absolute atomic E-state index is 6.00. The lowest BCUT2D eigenvalue weighted by Gasteiger charge is -2.40. The molecule has 1 aliphatic rings. The maximum atomic E-state index is 6.00. The molecule has 7 nitrogen and oxygen atoms in total. The summed E-state index contributed by atoms with van der Waals surface area (Å²) in [5, 5.41) is 13.3. The number of tetrazole rings is 1. The molecule has 29 heavy (non-hydrogen) atoms. The molecule has 1 saturated heterocycles. The smallest absolute Gasteiger partial charge is 0.169 e. The number of hydrogen-bond donors (Lipinski definition) is 0. The molecule has 0 aliphatic carbocycles. The number of nitrogens with zero attached hydrogens (tertiary/aromatic N) is 6. The monoisotopic (exact) mass is 414 g/mol. The van der Waals surface area contributed by atoms with Crippen LogP contribution in [0.15, 0.2) is 47.1 Å². The highest BCUT2D eigenvalue weighted by molar-refractivity contribution is 6.30. The van der Waals surface area contributed by atoms with Crippen LogP contribution in [0.4, 0.5) is 0 Å². The van der Waals surface area contributed by atoms with Gasteiger partial charge in [0.15, 0.2) is 5.82 Å². The van der Waals surface area contributed by atoms with Gasteiger partial charge in [0.25, 0.3) is 0 Å². The number of halogens is 1. The number of rotatable bonds is 7. The van der Waals surface area contributed by atoms with Gasteiger partial charge in [-0.05, 0) is 46.2 Å². The van der Waals surface area contributed by atoms with Gasteiger partial charge in [0.1, 0.15) is 12.3 Å². The molecule has 0 bridgehead atoms. The molecule has 0 unspecified atom stereocenters. The predicted octanol–water partition coefficient (Wildman–Crippen LogP) is 3.48. The molecule has 0 spiro atoms. The molecular weight excluding hydrogens is 388 g/mol. The Morgan fingerprint density at radius 3 is 2.45 bits per heavy atom. The Morgan fingerprint density at radius 1 is 1.03 bits per heavy atom. The number of aromatic nitrogens is 4. The fourth-order valence-corrected chi connectivity index (χ4v) is 4.14. The van der Waals surface area contributed by atoms with E-state index in [9.17, 15) is 0 Å². The van der Waals surface area contributed by atoms with E-state index in [1.54, 1.807) is 6.26 Å². The topological polar surface area (TPSA) is 63.2 Å². The Hall–Kier alpha value is -2.22. The van der Waals surface area contributed by atoms with E-state index >= 15 is 0 Å². The van der Waals surface area contributed by atoms with E-state index in [1.807, 2.05) is 28.9 Å². The largest absolute Gasteiger partial charge is 0.467 e. The Labute approximate surface area is 176 Å². The highest BCUT2D eigenvalue weighted by Crippen LogP contribution is 2.28. The van der Waals surface area contributed by atoms with Crippen molar-refractivity contribution in [2.75, 3.05) is 26.2 Å². The lowest BCUT2D eigenvalue weighted by molar-refractivity contribution is 0.0663. The van der Waals surface area contributed by atoms with Crippen molar-refractivity contribution >= 4 is 11.6 Å². The molecule has 3 heterocycles. The summed E-state index contributed by atoms with van der Waals surface area (Å²) in [6, 6.07) is 12.1. The van der Waals surface area contributed by atoms with E-state index in [0.29, 0.717) is 12.5 Å². The van der Waals surface area contributed by atoms with Crippen LogP contribution in [-0.4, -0.2) is 56.2 Å². The fraction of sp³-hybridized carbons (Fsp3) is 0.476. The molecule has 0 N–H and O–H groups in total. The van der Waals surface area contributed by atoms with Crippen molar-refractivity contribution in [3.05, 3.63) is 64.8 Å². The molecule has 0 radical (unpaired) electrons. The van der Waals surface area contributed by atoms with Gasteiger partial charge in [-0.2, -0.15) is 0 Å². The quantitative estimate of drug-likeness (QED) is 0.589. The van der Waals surface area contributed by atoms with Crippen molar-refractivity contribution < 1.29 is 4.42 Å². The summed E-state index contributed by atoms with van der Waals surface area (Å²) >= 11 is 6.00. The Kier molecular flexibility index (Phi) is 6.28. The van der Waals surface area contributed by atoms with Crippen molar-refractivity contribution in [2.24, 2.45) is 5.92 Å². The van der Waals surface area contributed by atoms with Crippen LogP contribution in [0.2, 0.25) is 5.02 Å². The number of hydrogen-bond acceptors (Lipinski definition) is 6. The van der Waals surface area contributed by atoms with Gasteiger partial charge in [0.05, 0.1) is 12.3 Å². The number of benzene rings is 1. The second kappa shape index (κ2) is 9.07. The Morgan fingerprint density at radius 2 is 1.79 bits per heavy atom. The highest BCUT2D eigenvalue weighted by atomic mass is 35.5. The lowest BCUT2D eigenvalue weighted by Crippen LogP contribution is -2.48. The van der Waals surface area contributed by atoms with Gasteiger partial charge >= 0.3 is 0 Å². The van der Waals surface area contributed by atoms with Crippen molar-refractivity contribution in [3.8, 4) is 0 Å². The normalized spacial score (nSPS) is 17.1. The van der Waals surface area contributed by atoms with Crippen LogP contribution in [0.3, 0.4) is 0 Å². The Balaban J connectivity index is 1.41. The number of furan rings is 1. The molecular formula is C21H27ClN6O. The zero-order chi connectivity index (χ0) is 20.2. The first-order valence-electron chi connectivity index (χ1n) is 10.1. The van der Waals surface area contributed by atoms with Crippen LogP contribution in [-0.2, 0) is 13.1 Å². The zero-order valence-corrected chi connectivity index (χ0v) is 17.7. The second-order valence-corrected chi connectivity index (χ2v) is 8.34. The minimum Gasteiger partial charge on any atom is -0.467 e. The summed E-state index contributed by atoms with van der Waals surface area (Å²) in [4.78, 5) is 5.00. The Bertz CT molecular complexity index is 884. The van der Waals surface area contributed by atoms with Gasteiger partial charge in [0.2, 0.25) is 0 Å². The second-order valence-electron chi connectivity index (χ2n) is 7.90. The van der Waals surface area contributed by atoms with Crippen LogP contribution in [0, 0.1) is 5.92 Å². The van der Waals surface area contributed by atoms with E-state index < -0.39 is 0 Å². The molecule has 2 aromatic heterocycles. The van der Waals surface area contributed by atoms with Crippen LogP contribution in [0.1, 0.15) is 37.0 Å². The minimum atomic E-state index is 0.178. The molecule has 3 aromatic rings. The van der Waals surface area contributed by atoms with Crippen LogP contribution in [0.5, 0.6) is 0 Å². The van der Waals surface area contributed by atoms with Crippen molar-refractivity contribution in [3.63, 3.8) is 0 Å². The van der Waals surface area contributed by atoms with Crippen molar-refractivity contribution in [1.82, 2.24) is 30.0 Å². The summed E-state index contributed by atoms with van der Waals surface area (Å²) in [5.41, 5.74) is 1.30. The molecule has 8 heteroatoms. The van der Waals surface area contributed by atoms with E-state index in [2.05, 4.69) is 51.3 Å². The van der Waals surface area contributed by atoms with Gasteiger partial charge in [0, 0.05) is 37.7 Å². The predicted molar refractivity (Wildman–Crippen MR) is 112 cm³/mol. The van der Waals surface area contributed by atoms with E-state index in [4.69, 9.17) is 16.0 Å².